The van der Waals surface area contributed by atoms with Gasteiger partial charge < -0.3 is 5.73 Å². The number of carbonyl (C=O) groups is 2. The molecule has 0 heterocycles. The average molecular weight is 402 g/mol. The van der Waals surface area contributed by atoms with Gasteiger partial charge in [0.2, 0.25) is 5.91 Å². The maximum Gasteiger partial charge on any atom is 0.416 e. The van der Waals surface area contributed by atoms with E-state index in [2.05, 4.69) is 0 Å². The molecule has 3 aromatic rings. The molecule has 3 aromatic carbocycles. The molecule has 3 rings (SSSR count). The zero-order chi connectivity index (χ0) is 21.2. The van der Waals surface area contributed by atoms with Crippen molar-refractivity contribution in [2.75, 3.05) is 6.54 Å². The fourth-order valence-electron chi connectivity index (χ4n) is 2.92. The highest BCUT2D eigenvalue weighted by Crippen LogP contribution is 2.29. The molecule has 0 aliphatic rings. The Bertz CT molecular complexity index is 1080. The SMILES string of the molecule is NC(=O)c1ccc2cc(C(=O)N(O)CCc3cccc(C(F)(F)F)c3)ccc2c1. The average Bonchev–Trinajstić information content (AvgIpc) is 2.70. The highest BCUT2D eigenvalue weighted by atomic mass is 19.4. The second kappa shape index (κ2) is 7.92. The predicted octanol–water partition coefficient (Wildman–Crippen LogP) is 4.03. The zero-order valence-electron chi connectivity index (χ0n) is 15.1. The van der Waals surface area contributed by atoms with Crippen molar-refractivity contribution in [2.45, 2.75) is 12.6 Å². The minimum Gasteiger partial charge on any atom is -0.366 e. The van der Waals surface area contributed by atoms with Crippen molar-refractivity contribution in [3.05, 3.63) is 82.9 Å². The van der Waals surface area contributed by atoms with Crippen molar-refractivity contribution in [3.63, 3.8) is 0 Å². The monoisotopic (exact) mass is 402 g/mol. The molecule has 29 heavy (non-hydrogen) atoms. The molecule has 0 aliphatic carbocycles. The summed E-state index contributed by atoms with van der Waals surface area (Å²) in [5, 5.41) is 11.9. The van der Waals surface area contributed by atoms with E-state index in [9.17, 15) is 28.0 Å². The maximum atomic E-state index is 12.8. The van der Waals surface area contributed by atoms with Gasteiger partial charge in [0.1, 0.15) is 0 Å². The molecule has 0 saturated carbocycles. The van der Waals surface area contributed by atoms with E-state index in [4.69, 9.17) is 5.73 Å². The van der Waals surface area contributed by atoms with Crippen LogP contribution in [0.3, 0.4) is 0 Å². The molecule has 2 amide bonds. The van der Waals surface area contributed by atoms with Crippen LogP contribution in [0.15, 0.2) is 60.7 Å². The van der Waals surface area contributed by atoms with Gasteiger partial charge in [-0.2, -0.15) is 13.2 Å². The number of nitrogens with two attached hydrogens (primary N) is 1. The zero-order valence-corrected chi connectivity index (χ0v) is 15.1. The van der Waals surface area contributed by atoms with E-state index in [-0.39, 0.29) is 18.5 Å². The van der Waals surface area contributed by atoms with Crippen LogP contribution in [0.25, 0.3) is 10.8 Å². The van der Waals surface area contributed by atoms with Crippen LogP contribution in [-0.2, 0) is 12.6 Å². The number of halogens is 3. The van der Waals surface area contributed by atoms with Crippen molar-refractivity contribution < 1.29 is 28.0 Å². The van der Waals surface area contributed by atoms with E-state index in [0.29, 0.717) is 27.0 Å². The molecule has 0 spiro atoms. The van der Waals surface area contributed by atoms with Crippen molar-refractivity contribution >= 4 is 22.6 Å². The lowest BCUT2D eigenvalue weighted by Gasteiger charge is -2.16. The number of benzene rings is 3. The number of hydrogen-bond donors (Lipinski definition) is 2. The van der Waals surface area contributed by atoms with Gasteiger partial charge in [-0.1, -0.05) is 30.3 Å². The normalized spacial score (nSPS) is 11.4. The quantitative estimate of drug-likeness (QED) is 0.499. The first kappa shape index (κ1) is 20.3. The second-order valence-electron chi connectivity index (χ2n) is 6.52. The summed E-state index contributed by atoms with van der Waals surface area (Å²) < 4.78 is 38.3. The summed E-state index contributed by atoms with van der Waals surface area (Å²) in [6.45, 7) is -0.168. The Kier molecular flexibility index (Phi) is 5.56. The summed E-state index contributed by atoms with van der Waals surface area (Å²) in [7, 11) is 0. The highest BCUT2D eigenvalue weighted by Gasteiger charge is 2.30. The summed E-state index contributed by atoms with van der Waals surface area (Å²) >= 11 is 0. The number of hydroxylamine groups is 2. The lowest BCUT2D eigenvalue weighted by atomic mass is 10.0. The molecule has 0 atom stereocenters. The third kappa shape index (κ3) is 4.72. The lowest BCUT2D eigenvalue weighted by molar-refractivity contribution is -0.137. The number of alkyl halides is 3. The van der Waals surface area contributed by atoms with Crippen molar-refractivity contribution in [1.82, 2.24) is 5.06 Å². The molecule has 3 N–H and O–H groups in total. The van der Waals surface area contributed by atoms with Crippen LogP contribution in [0.4, 0.5) is 13.2 Å². The molecule has 0 radical (unpaired) electrons. The number of hydrogen-bond acceptors (Lipinski definition) is 3. The molecular formula is C21H17F3N2O3. The van der Waals surface area contributed by atoms with Crippen LogP contribution in [0, 0.1) is 0 Å². The number of rotatable bonds is 5. The topological polar surface area (TPSA) is 83.6 Å². The van der Waals surface area contributed by atoms with Crippen molar-refractivity contribution in [1.29, 1.82) is 0 Å². The van der Waals surface area contributed by atoms with Gasteiger partial charge >= 0.3 is 6.18 Å². The fraction of sp³-hybridized carbons (Fsp3) is 0.143. The van der Waals surface area contributed by atoms with Crippen molar-refractivity contribution in [3.8, 4) is 0 Å². The first-order valence-electron chi connectivity index (χ1n) is 8.65. The fourth-order valence-corrected chi connectivity index (χ4v) is 2.92. The van der Waals surface area contributed by atoms with Gasteiger partial charge in [0.25, 0.3) is 5.91 Å². The van der Waals surface area contributed by atoms with Gasteiger partial charge in [-0.15, -0.1) is 0 Å². The number of fused-ring (bicyclic) bond motifs is 1. The first-order chi connectivity index (χ1) is 13.6. The number of amides is 2. The molecule has 0 bridgehead atoms. The smallest absolute Gasteiger partial charge is 0.366 e. The standard InChI is InChI=1S/C21H17F3N2O3/c22-21(23,24)18-3-1-2-13(10-18)8-9-26(29)20(28)17-7-5-14-11-16(19(25)27)6-4-15(14)12-17/h1-7,10-12,29H,8-9H2,(H2,25,27). The van der Waals surface area contributed by atoms with Gasteiger partial charge in [-0.25, -0.2) is 5.06 Å². The van der Waals surface area contributed by atoms with Crippen LogP contribution >= 0.6 is 0 Å². The molecule has 0 fully saturated rings. The maximum absolute atomic E-state index is 12.8. The predicted molar refractivity (Wildman–Crippen MR) is 100 cm³/mol. The molecule has 150 valence electrons. The Morgan fingerprint density at radius 3 is 2.17 bits per heavy atom. The first-order valence-corrected chi connectivity index (χ1v) is 8.65. The minimum atomic E-state index is -4.45. The van der Waals surface area contributed by atoms with Gasteiger partial charge in [-0.3, -0.25) is 14.8 Å². The Labute approximate surface area is 164 Å². The number of nitrogens with zero attached hydrogens (tertiary/aromatic N) is 1. The van der Waals surface area contributed by atoms with E-state index in [1.807, 2.05) is 0 Å². The van der Waals surface area contributed by atoms with Crippen LogP contribution in [-0.4, -0.2) is 28.6 Å². The van der Waals surface area contributed by atoms with E-state index >= 15 is 0 Å². The van der Waals surface area contributed by atoms with Gasteiger partial charge in [0.05, 0.1) is 12.1 Å². The molecule has 8 heteroatoms. The highest BCUT2D eigenvalue weighted by molar-refractivity contribution is 6.01. The minimum absolute atomic E-state index is 0.0573. The third-order valence-electron chi connectivity index (χ3n) is 4.47. The molecule has 5 nitrogen and oxygen atoms in total. The summed E-state index contributed by atoms with van der Waals surface area (Å²) in [5.41, 5.74) is 5.35. The molecular weight excluding hydrogens is 385 g/mol. The van der Waals surface area contributed by atoms with Gasteiger partial charge in [-0.05, 0) is 53.1 Å². The number of carbonyl (C=O) groups excluding carboxylic acids is 2. The summed E-state index contributed by atoms with van der Waals surface area (Å²) in [6, 6.07) is 14.2. The Balaban J connectivity index is 1.71. The molecule has 0 aromatic heterocycles. The summed E-state index contributed by atoms with van der Waals surface area (Å²) in [5.74, 6) is -1.25. The van der Waals surface area contributed by atoms with Crippen molar-refractivity contribution in [2.24, 2.45) is 5.73 Å². The van der Waals surface area contributed by atoms with Gasteiger partial charge in [0.15, 0.2) is 0 Å². The lowest BCUT2D eigenvalue weighted by Crippen LogP contribution is -2.29. The van der Waals surface area contributed by atoms with E-state index < -0.39 is 23.6 Å². The Morgan fingerprint density at radius 2 is 1.55 bits per heavy atom. The Morgan fingerprint density at radius 1 is 0.931 bits per heavy atom. The third-order valence-corrected chi connectivity index (χ3v) is 4.47. The van der Waals surface area contributed by atoms with E-state index in [1.165, 1.54) is 24.3 Å². The van der Waals surface area contributed by atoms with Crippen LogP contribution < -0.4 is 5.73 Å². The summed E-state index contributed by atoms with van der Waals surface area (Å²) in [4.78, 5) is 23.7. The summed E-state index contributed by atoms with van der Waals surface area (Å²) in [6.07, 6.45) is -4.40. The van der Waals surface area contributed by atoms with E-state index in [0.717, 1.165) is 12.1 Å². The van der Waals surface area contributed by atoms with Gasteiger partial charge in [0, 0.05) is 11.1 Å². The molecule has 0 aliphatic heterocycles. The molecule has 0 unspecified atom stereocenters. The largest absolute Gasteiger partial charge is 0.416 e. The second-order valence-corrected chi connectivity index (χ2v) is 6.52. The van der Waals surface area contributed by atoms with Crippen LogP contribution in [0.5, 0.6) is 0 Å². The van der Waals surface area contributed by atoms with E-state index in [1.54, 1.807) is 24.3 Å². The Hall–Kier alpha value is -3.39. The number of primary amides is 1. The van der Waals surface area contributed by atoms with Crippen LogP contribution in [0.1, 0.15) is 31.8 Å². The molecule has 0 saturated heterocycles. The van der Waals surface area contributed by atoms with Crippen LogP contribution in [0.2, 0.25) is 0 Å².